The van der Waals surface area contributed by atoms with Gasteiger partial charge in [-0.25, -0.2) is 4.79 Å². The van der Waals surface area contributed by atoms with E-state index in [-0.39, 0.29) is 6.61 Å². The normalized spacial score (nSPS) is 12.5. The van der Waals surface area contributed by atoms with Gasteiger partial charge in [-0.2, -0.15) is 0 Å². The number of thiophene rings is 1. The van der Waals surface area contributed by atoms with Crippen molar-refractivity contribution in [2.24, 2.45) is 0 Å². The summed E-state index contributed by atoms with van der Waals surface area (Å²) < 4.78 is 4.64. The van der Waals surface area contributed by atoms with Crippen LogP contribution in [-0.2, 0) is 9.53 Å². The van der Waals surface area contributed by atoms with Crippen LogP contribution in [0, 0.1) is 0 Å². The maximum absolute atomic E-state index is 11.1. The van der Waals surface area contributed by atoms with Crippen molar-refractivity contribution >= 4 is 28.9 Å². The Kier molecular flexibility index (Phi) is 3.71. The van der Waals surface area contributed by atoms with Gasteiger partial charge in [0.1, 0.15) is 0 Å². The fourth-order valence-electron chi connectivity index (χ4n) is 0.829. The van der Waals surface area contributed by atoms with Crippen LogP contribution >= 0.6 is 22.9 Å². The zero-order valence-electron chi connectivity index (χ0n) is 6.99. The highest BCUT2D eigenvalue weighted by Gasteiger charge is 2.22. The molecule has 0 aromatic carbocycles. The molecule has 1 N–H and O–H groups in total. The van der Waals surface area contributed by atoms with E-state index in [1.54, 1.807) is 18.4 Å². The second-order valence-corrected chi connectivity index (χ2v) is 3.64. The van der Waals surface area contributed by atoms with E-state index in [1.807, 2.05) is 0 Å². The van der Waals surface area contributed by atoms with Gasteiger partial charge < -0.3 is 9.84 Å². The second kappa shape index (κ2) is 4.60. The number of esters is 1. The van der Waals surface area contributed by atoms with Gasteiger partial charge in [-0.3, -0.25) is 0 Å². The number of carbonyl (C=O) groups excluding carboxylic acids is 1. The number of halogens is 1. The monoisotopic (exact) mass is 220 g/mol. The van der Waals surface area contributed by atoms with Crippen molar-refractivity contribution in [3.05, 3.63) is 21.3 Å². The first kappa shape index (κ1) is 10.5. The molecule has 0 saturated heterocycles. The predicted octanol–water partition coefficient (Wildman–Crippen LogP) is 2.00. The minimum Gasteiger partial charge on any atom is -0.464 e. The van der Waals surface area contributed by atoms with Crippen LogP contribution in [0.5, 0.6) is 0 Å². The quantitative estimate of drug-likeness (QED) is 0.793. The summed E-state index contributed by atoms with van der Waals surface area (Å²) in [7, 11) is 0. The zero-order valence-corrected chi connectivity index (χ0v) is 8.56. The molecule has 0 saturated carbocycles. The molecule has 1 rings (SSSR count). The highest BCUT2D eigenvalue weighted by atomic mass is 35.5. The SMILES string of the molecule is CCOC(=O)C(O)c1sccc1Cl. The van der Waals surface area contributed by atoms with Gasteiger partial charge in [0, 0.05) is 0 Å². The van der Waals surface area contributed by atoms with Crippen LogP contribution in [0.2, 0.25) is 5.02 Å². The highest BCUT2D eigenvalue weighted by molar-refractivity contribution is 7.10. The molecule has 1 heterocycles. The molecule has 1 aromatic rings. The van der Waals surface area contributed by atoms with Crippen molar-refractivity contribution in [3.63, 3.8) is 0 Å². The summed E-state index contributed by atoms with van der Waals surface area (Å²) in [5.74, 6) is -0.660. The van der Waals surface area contributed by atoms with E-state index in [0.717, 1.165) is 0 Å². The predicted molar refractivity (Wildman–Crippen MR) is 50.9 cm³/mol. The van der Waals surface area contributed by atoms with Gasteiger partial charge in [0.15, 0.2) is 6.10 Å². The molecule has 1 aromatic heterocycles. The Morgan fingerprint density at radius 1 is 1.85 bits per heavy atom. The number of rotatable bonds is 3. The molecule has 3 nitrogen and oxygen atoms in total. The van der Waals surface area contributed by atoms with Crippen molar-refractivity contribution in [1.82, 2.24) is 0 Å². The Morgan fingerprint density at radius 3 is 3.00 bits per heavy atom. The molecule has 0 bridgehead atoms. The third-order valence-electron chi connectivity index (χ3n) is 1.40. The summed E-state index contributed by atoms with van der Waals surface area (Å²) in [5.41, 5.74) is 0. The Hall–Kier alpha value is -0.580. The average Bonchev–Trinajstić information content (AvgIpc) is 2.50. The van der Waals surface area contributed by atoms with Crippen molar-refractivity contribution in [2.45, 2.75) is 13.0 Å². The summed E-state index contributed by atoms with van der Waals surface area (Å²) in [6.45, 7) is 1.93. The summed E-state index contributed by atoms with van der Waals surface area (Å²) >= 11 is 6.95. The summed E-state index contributed by atoms with van der Waals surface area (Å²) in [6.07, 6.45) is -1.26. The average molecular weight is 221 g/mol. The Balaban J connectivity index is 2.73. The van der Waals surface area contributed by atoms with Crippen LogP contribution in [0.15, 0.2) is 11.4 Å². The van der Waals surface area contributed by atoms with E-state index >= 15 is 0 Å². The maximum atomic E-state index is 11.1. The molecule has 0 aliphatic rings. The molecular formula is C8H9ClO3S. The highest BCUT2D eigenvalue weighted by Crippen LogP contribution is 2.29. The molecule has 0 radical (unpaired) electrons. The molecule has 1 atom stereocenters. The van der Waals surface area contributed by atoms with Crippen LogP contribution < -0.4 is 0 Å². The van der Waals surface area contributed by atoms with E-state index < -0.39 is 12.1 Å². The number of carbonyl (C=O) groups is 1. The molecular weight excluding hydrogens is 212 g/mol. The van der Waals surface area contributed by atoms with E-state index in [0.29, 0.717) is 9.90 Å². The molecule has 5 heteroatoms. The summed E-state index contributed by atoms with van der Waals surface area (Å²) in [5, 5.41) is 11.5. The van der Waals surface area contributed by atoms with Gasteiger partial charge >= 0.3 is 5.97 Å². The van der Waals surface area contributed by atoms with Crippen LogP contribution in [0.25, 0.3) is 0 Å². The minimum absolute atomic E-state index is 0.249. The largest absolute Gasteiger partial charge is 0.464 e. The molecule has 1 unspecified atom stereocenters. The molecule has 0 amide bonds. The molecule has 0 aliphatic heterocycles. The maximum Gasteiger partial charge on any atom is 0.340 e. The van der Waals surface area contributed by atoms with E-state index in [1.165, 1.54) is 11.3 Å². The lowest BCUT2D eigenvalue weighted by molar-refractivity contribution is -0.153. The number of hydrogen-bond acceptors (Lipinski definition) is 4. The van der Waals surface area contributed by atoms with Gasteiger partial charge in [-0.15, -0.1) is 11.3 Å². The topological polar surface area (TPSA) is 46.5 Å². The fraction of sp³-hybridized carbons (Fsp3) is 0.375. The van der Waals surface area contributed by atoms with Gasteiger partial charge in [0.05, 0.1) is 16.5 Å². The Labute approximate surface area is 84.9 Å². The summed E-state index contributed by atoms with van der Waals surface area (Å²) in [4.78, 5) is 11.5. The lowest BCUT2D eigenvalue weighted by atomic mass is 10.3. The van der Waals surface area contributed by atoms with Crippen molar-refractivity contribution in [3.8, 4) is 0 Å². The number of hydrogen-bond donors (Lipinski definition) is 1. The molecule has 72 valence electrons. The van der Waals surface area contributed by atoms with Gasteiger partial charge in [0.25, 0.3) is 0 Å². The van der Waals surface area contributed by atoms with Crippen molar-refractivity contribution < 1.29 is 14.6 Å². The van der Waals surface area contributed by atoms with Crippen molar-refractivity contribution in [1.29, 1.82) is 0 Å². The van der Waals surface area contributed by atoms with Crippen molar-refractivity contribution in [2.75, 3.05) is 6.61 Å². The summed E-state index contributed by atoms with van der Waals surface area (Å²) in [6, 6.07) is 1.63. The molecule has 0 fully saturated rings. The first-order chi connectivity index (χ1) is 6.16. The van der Waals surface area contributed by atoms with E-state index in [9.17, 15) is 9.90 Å². The third-order valence-corrected chi connectivity index (χ3v) is 2.81. The first-order valence-electron chi connectivity index (χ1n) is 3.74. The smallest absolute Gasteiger partial charge is 0.340 e. The molecule has 0 spiro atoms. The third kappa shape index (κ3) is 2.43. The number of ether oxygens (including phenoxy) is 1. The standard InChI is InChI=1S/C8H9ClO3S/c1-2-12-8(11)6(10)7-5(9)3-4-13-7/h3-4,6,10H,2H2,1H3. The van der Waals surface area contributed by atoms with Crippen LogP contribution in [0.4, 0.5) is 0 Å². The van der Waals surface area contributed by atoms with Crippen LogP contribution in [0.3, 0.4) is 0 Å². The number of aliphatic hydroxyl groups is 1. The van der Waals surface area contributed by atoms with Crippen LogP contribution in [0.1, 0.15) is 17.9 Å². The number of aliphatic hydroxyl groups excluding tert-OH is 1. The van der Waals surface area contributed by atoms with E-state index in [2.05, 4.69) is 4.74 Å². The molecule has 13 heavy (non-hydrogen) atoms. The second-order valence-electron chi connectivity index (χ2n) is 2.29. The first-order valence-corrected chi connectivity index (χ1v) is 5.00. The zero-order chi connectivity index (χ0) is 9.84. The van der Waals surface area contributed by atoms with Crippen LogP contribution in [-0.4, -0.2) is 17.7 Å². The van der Waals surface area contributed by atoms with E-state index in [4.69, 9.17) is 11.6 Å². The Morgan fingerprint density at radius 2 is 2.54 bits per heavy atom. The van der Waals surface area contributed by atoms with Gasteiger partial charge in [0.2, 0.25) is 0 Å². The van der Waals surface area contributed by atoms with Gasteiger partial charge in [-0.1, -0.05) is 11.6 Å². The molecule has 0 aliphatic carbocycles. The van der Waals surface area contributed by atoms with Gasteiger partial charge in [-0.05, 0) is 18.4 Å². The minimum atomic E-state index is -1.26. The fourth-order valence-corrected chi connectivity index (χ4v) is 1.96. The Bertz CT molecular complexity index is 297. The lowest BCUT2D eigenvalue weighted by Gasteiger charge is -2.07. The lowest BCUT2D eigenvalue weighted by Crippen LogP contribution is -2.14.